The Bertz CT molecular complexity index is 356. The monoisotopic (exact) mass is 260 g/mol. The van der Waals surface area contributed by atoms with E-state index in [-0.39, 0.29) is 6.04 Å². The van der Waals surface area contributed by atoms with Gasteiger partial charge in [-0.15, -0.1) is 0 Å². The summed E-state index contributed by atoms with van der Waals surface area (Å²) in [5.41, 5.74) is 0. The summed E-state index contributed by atoms with van der Waals surface area (Å²) in [4.78, 5) is 2.35. The maximum Gasteiger partial charge on any atom is 0.151 e. The summed E-state index contributed by atoms with van der Waals surface area (Å²) >= 11 is 0. The van der Waals surface area contributed by atoms with Gasteiger partial charge in [0, 0.05) is 25.7 Å². The van der Waals surface area contributed by atoms with Gasteiger partial charge in [0.1, 0.15) is 0 Å². The van der Waals surface area contributed by atoms with E-state index in [9.17, 15) is 8.42 Å². The molecule has 1 saturated heterocycles. The molecule has 2 rings (SSSR count). The fourth-order valence-corrected chi connectivity index (χ4v) is 4.27. The molecule has 1 saturated carbocycles. The van der Waals surface area contributed by atoms with E-state index in [1.165, 1.54) is 13.0 Å². The van der Waals surface area contributed by atoms with Crippen LogP contribution >= 0.6 is 0 Å². The zero-order chi connectivity index (χ0) is 12.5. The molecule has 1 N–H and O–H groups in total. The summed E-state index contributed by atoms with van der Waals surface area (Å²) in [6, 6.07) is 0.188. The molecular weight excluding hydrogens is 236 g/mol. The second-order valence-corrected chi connectivity index (χ2v) is 8.02. The van der Waals surface area contributed by atoms with Crippen LogP contribution < -0.4 is 5.32 Å². The Kier molecular flexibility index (Phi) is 4.10. The summed E-state index contributed by atoms with van der Waals surface area (Å²) in [5, 5.41) is 3.35. The minimum atomic E-state index is -2.74. The Balaban J connectivity index is 1.57. The van der Waals surface area contributed by atoms with E-state index >= 15 is 0 Å². The summed E-state index contributed by atoms with van der Waals surface area (Å²) in [7, 11) is -0.588. The van der Waals surface area contributed by atoms with Gasteiger partial charge in [0.05, 0.1) is 11.5 Å². The molecule has 0 aromatic rings. The quantitative estimate of drug-likeness (QED) is 0.749. The normalized spacial score (nSPS) is 35.4. The number of hydrogen-bond donors (Lipinski definition) is 1. The Labute approximate surface area is 105 Å². The predicted octanol–water partition coefficient (Wildman–Crippen LogP) is 0.351. The van der Waals surface area contributed by atoms with Crippen LogP contribution in [0.1, 0.15) is 19.8 Å². The lowest BCUT2D eigenvalue weighted by molar-refractivity contribution is 0.308. The number of likely N-dealkylation sites (N-methyl/N-ethyl adjacent to an activating group) is 1. The van der Waals surface area contributed by atoms with Crippen molar-refractivity contribution in [1.29, 1.82) is 0 Å². The summed E-state index contributed by atoms with van der Waals surface area (Å²) in [6.07, 6.45) is 2.16. The van der Waals surface area contributed by atoms with Crippen molar-refractivity contribution < 1.29 is 8.42 Å². The average molecular weight is 260 g/mol. The Morgan fingerprint density at radius 3 is 2.65 bits per heavy atom. The zero-order valence-electron chi connectivity index (χ0n) is 10.9. The van der Waals surface area contributed by atoms with E-state index in [1.807, 2.05) is 0 Å². The van der Waals surface area contributed by atoms with Crippen molar-refractivity contribution in [3.8, 4) is 0 Å². The number of hydrogen-bond acceptors (Lipinski definition) is 4. The van der Waals surface area contributed by atoms with Crippen LogP contribution in [0.2, 0.25) is 0 Å². The molecule has 1 heterocycles. The second kappa shape index (κ2) is 5.24. The fourth-order valence-electron chi connectivity index (χ4n) is 2.56. The topological polar surface area (TPSA) is 49.4 Å². The summed E-state index contributed by atoms with van der Waals surface area (Å²) < 4.78 is 22.6. The molecule has 100 valence electrons. The van der Waals surface area contributed by atoms with Crippen molar-refractivity contribution in [2.45, 2.75) is 25.8 Å². The first-order valence-electron chi connectivity index (χ1n) is 6.58. The molecule has 0 aromatic heterocycles. The highest BCUT2D eigenvalue weighted by Gasteiger charge is 2.33. The van der Waals surface area contributed by atoms with Gasteiger partial charge in [-0.05, 0) is 31.7 Å². The molecule has 1 aliphatic heterocycles. The molecule has 0 spiro atoms. The van der Waals surface area contributed by atoms with Crippen LogP contribution in [0.25, 0.3) is 0 Å². The zero-order valence-corrected chi connectivity index (χ0v) is 11.7. The highest BCUT2D eigenvalue weighted by atomic mass is 32.2. The highest BCUT2D eigenvalue weighted by Crippen LogP contribution is 2.37. The Morgan fingerprint density at radius 1 is 1.41 bits per heavy atom. The van der Waals surface area contributed by atoms with Gasteiger partial charge in [-0.3, -0.25) is 0 Å². The van der Waals surface area contributed by atoms with E-state index in [0.29, 0.717) is 11.5 Å². The molecule has 0 radical (unpaired) electrons. The van der Waals surface area contributed by atoms with Gasteiger partial charge in [0.25, 0.3) is 0 Å². The fraction of sp³-hybridized carbons (Fsp3) is 1.00. The second-order valence-electron chi connectivity index (χ2n) is 5.79. The van der Waals surface area contributed by atoms with Gasteiger partial charge in [0.2, 0.25) is 0 Å². The first-order valence-corrected chi connectivity index (χ1v) is 8.41. The lowest BCUT2D eigenvalue weighted by Gasteiger charge is -2.18. The molecule has 3 unspecified atom stereocenters. The highest BCUT2D eigenvalue weighted by molar-refractivity contribution is 7.91. The van der Waals surface area contributed by atoms with Crippen LogP contribution in [0.3, 0.4) is 0 Å². The minimum absolute atomic E-state index is 0.188. The Hall–Kier alpha value is -0.130. The van der Waals surface area contributed by atoms with E-state index < -0.39 is 9.84 Å². The minimum Gasteiger partial charge on any atom is -0.312 e. The van der Waals surface area contributed by atoms with Gasteiger partial charge in [-0.25, -0.2) is 8.42 Å². The van der Waals surface area contributed by atoms with Gasteiger partial charge in [-0.2, -0.15) is 0 Å². The van der Waals surface area contributed by atoms with Crippen LogP contribution in [0.15, 0.2) is 0 Å². The third-order valence-electron chi connectivity index (χ3n) is 3.98. The number of sulfone groups is 1. The molecule has 0 amide bonds. The number of nitrogens with zero attached hydrogens (tertiary/aromatic N) is 1. The van der Waals surface area contributed by atoms with E-state index in [2.05, 4.69) is 24.2 Å². The molecule has 0 bridgehead atoms. The summed E-state index contributed by atoms with van der Waals surface area (Å²) in [5.74, 6) is 2.49. The molecule has 4 nitrogen and oxygen atoms in total. The standard InChI is InChI=1S/C12H24N2O2S/c1-10-7-11(10)8-14(2)5-4-13-12-3-6-17(15,16)9-12/h10-13H,3-9H2,1-2H3. The van der Waals surface area contributed by atoms with Crippen LogP contribution in [0.5, 0.6) is 0 Å². The molecule has 2 fully saturated rings. The van der Waals surface area contributed by atoms with Crippen molar-refractivity contribution in [3.63, 3.8) is 0 Å². The van der Waals surface area contributed by atoms with E-state index in [0.717, 1.165) is 31.3 Å². The van der Waals surface area contributed by atoms with Crippen LogP contribution in [-0.2, 0) is 9.84 Å². The summed E-state index contributed by atoms with van der Waals surface area (Å²) in [6.45, 7) is 5.41. The first-order chi connectivity index (χ1) is 7.96. The SMILES string of the molecule is CC1CC1CN(C)CCNC1CCS(=O)(=O)C1. The van der Waals surface area contributed by atoms with Crippen LogP contribution in [-0.4, -0.2) is 57.5 Å². The maximum absolute atomic E-state index is 11.3. The van der Waals surface area contributed by atoms with E-state index in [1.54, 1.807) is 0 Å². The molecule has 3 atom stereocenters. The smallest absolute Gasteiger partial charge is 0.151 e. The predicted molar refractivity (Wildman–Crippen MR) is 69.8 cm³/mol. The number of nitrogens with one attached hydrogen (secondary N) is 1. The lowest BCUT2D eigenvalue weighted by Crippen LogP contribution is -2.37. The molecular formula is C12H24N2O2S. The molecule has 2 aliphatic rings. The maximum atomic E-state index is 11.3. The van der Waals surface area contributed by atoms with Crippen LogP contribution in [0.4, 0.5) is 0 Å². The lowest BCUT2D eigenvalue weighted by atomic mass is 10.2. The largest absolute Gasteiger partial charge is 0.312 e. The number of rotatable bonds is 6. The van der Waals surface area contributed by atoms with Crippen molar-refractivity contribution in [3.05, 3.63) is 0 Å². The Morgan fingerprint density at radius 2 is 2.12 bits per heavy atom. The molecule has 0 aromatic carbocycles. The molecule has 5 heteroatoms. The van der Waals surface area contributed by atoms with Crippen molar-refractivity contribution in [1.82, 2.24) is 10.2 Å². The average Bonchev–Trinajstić information content (AvgIpc) is 2.77. The molecule has 17 heavy (non-hydrogen) atoms. The van der Waals surface area contributed by atoms with Gasteiger partial charge >= 0.3 is 0 Å². The van der Waals surface area contributed by atoms with Gasteiger partial charge in [-0.1, -0.05) is 6.92 Å². The van der Waals surface area contributed by atoms with Gasteiger partial charge in [0.15, 0.2) is 9.84 Å². The van der Waals surface area contributed by atoms with E-state index in [4.69, 9.17) is 0 Å². The van der Waals surface area contributed by atoms with Gasteiger partial charge < -0.3 is 10.2 Å². The first kappa shape index (κ1) is 13.3. The molecule has 1 aliphatic carbocycles. The third-order valence-corrected chi connectivity index (χ3v) is 5.75. The van der Waals surface area contributed by atoms with Crippen molar-refractivity contribution in [2.75, 3.05) is 38.2 Å². The van der Waals surface area contributed by atoms with Crippen LogP contribution in [0, 0.1) is 11.8 Å². The van der Waals surface area contributed by atoms with Crippen molar-refractivity contribution >= 4 is 9.84 Å². The third kappa shape index (κ3) is 4.23. The van der Waals surface area contributed by atoms with Crippen molar-refractivity contribution in [2.24, 2.45) is 11.8 Å².